The van der Waals surface area contributed by atoms with Crippen LogP contribution in [-0.2, 0) is 14.8 Å². The summed E-state index contributed by atoms with van der Waals surface area (Å²) in [6, 6.07) is 11.2. The zero-order valence-electron chi connectivity index (χ0n) is 17.2. The minimum absolute atomic E-state index is 0.158. The van der Waals surface area contributed by atoms with Crippen LogP contribution in [0.25, 0.3) is 10.2 Å². The van der Waals surface area contributed by atoms with Gasteiger partial charge in [0.15, 0.2) is 0 Å². The molecule has 0 saturated carbocycles. The van der Waals surface area contributed by atoms with Crippen molar-refractivity contribution in [3.63, 3.8) is 0 Å². The van der Waals surface area contributed by atoms with Gasteiger partial charge in [0.1, 0.15) is 15.7 Å². The number of thiazole rings is 1. The first-order chi connectivity index (χ1) is 15.4. The number of ether oxygens (including phenoxy) is 1. The SMILES string of the molecule is O=C(c1ccc(F)c(S(=O)(=O)N2CCOCC2)c1)N1CCC[C@H]1c1nc2ccccc2s1. The maximum atomic E-state index is 14.6. The molecule has 0 radical (unpaired) electrons. The normalized spacial score (nSPS) is 20.2. The molecule has 0 bridgehead atoms. The predicted octanol–water partition coefficient (Wildman–Crippen LogP) is 3.43. The van der Waals surface area contributed by atoms with Crippen LogP contribution in [0.3, 0.4) is 0 Å². The largest absolute Gasteiger partial charge is 0.379 e. The number of benzene rings is 2. The van der Waals surface area contributed by atoms with E-state index in [2.05, 4.69) is 0 Å². The molecule has 10 heteroatoms. The smallest absolute Gasteiger partial charge is 0.254 e. The number of morpholine rings is 1. The van der Waals surface area contributed by atoms with Crippen LogP contribution in [0, 0.1) is 5.82 Å². The molecular formula is C22H22FN3O4S2. The van der Waals surface area contributed by atoms with E-state index in [0.717, 1.165) is 40.2 Å². The van der Waals surface area contributed by atoms with E-state index in [-0.39, 0.29) is 43.8 Å². The Morgan fingerprint density at radius 3 is 2.69 bits per heavy atom. The van der Waals surface area contributed by atoms with E-state index < -0.39 is 20.7 Å². The maximum Gasteiger partial charge on any atom is 0.254 e. The quantitative estimate of drug-likeness (QED) is 0.578. The van der Waals surface area contributed by atoms with E-state index in [4.69, 9.17) is 9.72 Å². The van der Waals surface area contributed by atoms with Gasteiger partial charge >= 0.3 is 0 Å². The van der Waals surface area contributed by atoms with Crippen molar-refractivity contribution in [2.75, 3.05) is 32.8 Å². The summed E-state index contributed by atoms with van der Waals surface area (Å²) in [5, 5.41) is 0.861. The van der Waals surface area contributed by atoms with Crippen LogP contribution in [0.1, 0.15) is 34.2 Å². The molecule has 7 nitrogen and oxygen atoms in total. The molecule has 1 amide bonds. The lowest BCUT2D eigenvalue weighted by Gasteiger charge is -2.27. The first kappa shape index (κ1) is 21.4. The second-order valence-corrected chi connectivity index (χ2v) is 10.8. The Kier molecular flexibility index (Phi) is 5.70. The monoisotopic (exact) mass is 475 g/mol. The van der Waals surface area contributed by atoms with Gasteiger partial charge < -0.3 is 9.64 Å². The fraction of sp³-hybridized carbons (Fsp3) is 0.364. The molecule has 2 saturated heterocycles. The molecule has 0 aliphatic carbocycles. The number of amides is 1. The Morgan fingerprint density at radius 1 is 1.12 bits per heavy atom. The molecular weight excluding hydrogens is 453 g/mol. The molecule has 5 rings (SSSR count). The zero-order chi connectivity index (χ0) is 22.3. The first-order valence-electron chi connectivity index (χ1n) is 10.5. The molecule has 168 valence electrons. The van der Waals surface area contributed by atoms with E-state index >= 15 is 0 Å². The summed E-state index contributed by atoms with van der Waals surface area (Å²) in [5.74, 6) is -1.18. The van der Waals surface area contributed by atoms with Gasteiger partial charge in [0, 0.05) is 25.2 Å². The third-order valence-corrected chi connectivity index (χ3v) is 8.93. The van der Waals surface area contributed by atoms with Crippen molar-refractivity contribution in [2.24, 2.45) is 0 Å². The molecule has 0 spiro atoms. The average Bonchev–Trinajstić information content (AvgIpc) is 3.46. The highest BCUT2D eigenvalue weighted by Crippen LogP contribution is 2.37. The van der Waals surface area contributed by atoms with E-state index in [0.29, 0.717) is 6.54 Å². The summed E-state index contributed by atoms with van der Waals surface area (Å²) in [6.07, 6.45) is 1.61. The topological polar surface area (TPSA) is 79.8 Å². The first-order valence-corrected chi connectivity index (χ1v) is 12.7. The fourth-order valence-electron chi connectivity index (χ4n) is 4.23. The number of fused-ring (bicyclic) bond motifs is 1. The number of halogens is 1. The van der Waals surface area contributed by atoms with Crippen LogP contribution >= 0.6 is 11.3 Å². The van der Waals surface area contributed by atoms with Gasteiger partial charge in [-0.15, -0.1) is 11.3 Å². The number of para-hydroxylation sites is 1. The number of aromatic nitrogens is 1. The zero-order valence-corrected chi connectivity index (χ0v) is 18.9. The lowest BCUT2D eigenvalue weighted by molar-refractivity contribution is 0.0726. The van der Waals surface area contributed by atoms with Crippen LogP contribution in [-0.4, -0.2) is 61.4 Å². The number of sulfonamides is 1. The summed E-state index contributed by atoms with van der Waals surface area (Å²) in [5.41, 5.74) is 1.05. The molecule has 1 aromatic heterocycles. The van der Waals surface area contributed by atoms with Gasteiger partial charge in [0.2, 0.25) is 10.0 Å². The second-order valence-electron chi connectivity index (χ2n) is 7.84. The number of hydrogen-bond donors (Lipinski definition) is 0. The van der Waals surface area contributed by atoms with Crippen molar-refractivity contribution in [3.05, 3.63) is 58.9 Å². The average molecular weight is 476 g/mol. The highest BCUT2D eigenvalue weighted by Gasteiger charge is 2.35. The molecule has 2 aliphatic heterocycles. The number of likely N-dealkylation sites (tertiary alicyclic amines) is 1. The third kappa shape index (κ3) is 3.81. The van der Waals surface area contributed by atoms with Crippen molar-refractivity contribution in [1.29, 1.82) is 0 Å². The molecule has 3 aromatic rings. The number of nitrogens with zero attached hydrogens (tertiary/aromatic N) is 3. The maximum absolute atomic E-state index is 14.6. The van der Waals surface area contributed by atoms with Gasteiger partial charge in [0.05, 0.1) is 29.5 Å². The Morgan fingerprint density at radius 2 is 1.91 bits per heavy atom. The van der Waals surface area contributed by atoms with Crippen molar-refractivity contribution >= 4 is 37.5 Å². The summed E-state index contributed by atoms with van der Waals surface area (Å²) < 4.78 is 48.0. The molecule has 32 heavy (non-hydrogen) atoms. The highest BCUT2D eigenvalue weighted by molar-refractivity contribution is 7.89. The van der Waals surface area contributed by atoms with E-state index in [9.17, 15) is 17.6 Å². The summed E-state index contributed by atoms with van der Waals surface area (Å²) in [7, 11) is -4.06. The summed E-state index contributed by atoms with van der Waals surface area (Å²) in [4.78, 5) is 19.3. The van der Waals surface area contributed by atoms with Crippen LogP contribution in [0.4, 0.5) is 4.39 Å². The minimum Gasteiger partial charge on any atom is -0.379 e. The standard InChI is InChI=1S/C22H22FN3O4S2/c23-16-8-7-15(14-20(16)32(28,29)25-10-12-30-13-11-25)22(27)26-9-3-5-18(26)21-24-17-4-1-2-6-19(17)31-21/h1-2,4,6-8,14,18H,3,5,9-13H2/t18-/m0/s1. The Balaban J connectivity index is 1.45. The molecule has 0 unspecified atom stereocenters. The van der Waals surface area contributed by atoms with Crippen LogP contribution < -0.4 is 0 Å². The van der Waals surface area contributed by atoms with Gasteiger partial charge in [-0.2, -0.15) is 4.31 Å². The number of carbonyl (C=O) groups is 1. The van der Waals surface area contributed by atoms with Crippen molar-refractivity contribution in [1.82, 2.24) is 14.2 Å². The lowest BCUT2D eigenvalue weighted by Crippen LogP contribution is -2.41. The minimum atomic E-state index is -4.06. The fourth-order valence-corrected chi connectivity index (χ4v) is 6.84. The van der Waals surface area contributed by atoms with Crippen molar-refractivity contribution in [2.45, 2.75) is 23.8 Å². The highest BCUT2D eigenvalue weighted by atomic mass is 32.2. The third-order valence-electron chi connectivity index (χ3n) is 5.88. The van der Waals surface area contributed by atoms with Gasteiger partial charge in [-0.3, -0.25) is 4.79 Å². The van der Waals surface area contributed by atoms with Crippen LogP contribution in [0.2, 0.25) is 0 Å². The molecule has 2 fully saturated rings. The van der Waals surface area contributed by atoms with Crippen molar-refractivity contribution in [3.8, 4) is 0 Å². The Labute approximate surface area is 189 Å². The van der Waals surface area contributed by atoms with Gasteiger partial charge in [-0.1, -0.05) is 12.1 Å². The summed E-state index contributed by atoms with van der Waals surface area (Å²) in [6.45, 7) is 1.38. The van der Waals surface area contributed by atoms with Crippen molar-refractivity contribution < 1.29 is 22.3 Å². The molecule has 1 atom stereocenters. The molecule has 2 aromatic carbocycles. The van der Waals surface area contributed by atoms with Crippen LogP contribution in [0.15, 0.2) is 47.4 Å². The molecule has 0 N–H and O–H groups in total. The molecule has 2 aliphatic rings. The Hall–Kier alpha value is -2.40. The lowest BCUT2D eigenvalue weighted by atomic mass is 10.1. The van der Waals surface area contributed by atoms with Gasteiger partial charge in [-0.05, 0) is 43.2 Å². The number of carbonyl (C=O) groups excluding carboxylic acids is 1. The predicted molar refractivity (Wildman–Crippen MR) is 119 cm³/mol. The van der Waals surface area contributed by atoms with E-state index in [1.165, 1.54) is 10.4 Å². The summed E-state index contributed by atoms with van der Waals surface area (Å²) >= 11 is 1.56. The van der Waals surface area contributed by atoms with E-state index in [1.54, 1.807) is 16.2 Å². The van der Waals surface area contributed by atoms with E-state index in [1.807, 2.05) is 24.3 Å². The Bertz CT molecular complexity index is 1240. The van der Waals surface area contributed by atoms with Gasteiger partial charge in [-0.25, -0.2) is 17.8 Å². The molecule has 3 heterocycles. The van der Waals surface area contributed by atoms with Crippen LogP contribution in [0.5, 0.6) is 0 Å². The number of hydrogen-bond acceptors (Lipinski definition) is 6. The van der Waals surface area contributed by atoms with Gasteiger partial charge in [0.25, 0.3) is 5.91 Å². The second kappa shape index (κ2) is 8.51. The number of rotatable bonds is 4.